The molecule has 0 unspecified atom stereocenters. The lowest BCUT2D eigenvalue weighted by Gasteiger charge is -2.24. The smallest absolute Gasteiger partial charge is 0.177 e. The Hall–Kier alpha value is -0.900. The van der Waals surface area contributed by atoms with Gasteiger partial charge in [0, 0.05) is 18.6 Å². The summed E-state index contributed by atoms with van der Waals surface area (Å²) in [5.74, 6) is 0. The van der Waals surface area contributed by atoms with Gasteiger partial charge in [-0.3, -0.25) is 4.98 Å². The van der Waals surface area contributed by atoms with Gasteiger partial charge in [-0.15, -0.1) is 0 Å². The number of sulfone groups is 1. The normalized spacial score (nSPS) is 12.8. The molecule has 4 heteroatoms. The lowest BCUT2D eigenvalue weighted by atomic mass is 9.84. The topological polar surface area (TPSA) is 47.0 Å². The lowest BCUT2D eigenvalue weighted by Crippen LogP contribution is -2.19. The van der Waals surface area contributed by atoms with Crippen LogP contribution in [0.1, 0.15) is 38.8 Å². The first-order chi connectivity index (χ1) is 7.18. The summed E-state index contributed by atoms with van der Waals surface area (Å²) in [6.45, 7) is 8.08. The van der Waals surface area contributed by atoms with Crippen LogP contribution >= 0.6 is 0 Å². The average molecular weight is 241 g/mol. The molecule has 3 nitrogen and oxygen atoms in total. The predicted molar refractivity (Wildman–Crippen MR) is 65.4 cm³/mol. The third kappa shape index (κ3) is 2.61. The number of aryl methyl sites for hydroxylation is 1. The van der Waals surface area contributed by atoms with Gasteiger partial charge in [-0.05, 0) is 23.0 Å². The molecule has 0 aliphatic carbocycles. The summed E-state index contributed by atoms with van der Waals surface area (Å²) in [5.41, 5.74) is 1.72. The summed E-state index contributed by atoms with van der Waals surface area (Å²) >= 11 is 0. The van der Waals surface area contributed by atoms with Crippen LogP contribution in [0.25, 0.3) is 0 Å². The van der Waals surface area contributed by atoms with Crippen molar-refractivity contribution in [3.63, 3.8) is 0 Å². The Morgan fingerprint density at radius 1 is 1.25 bits per heavy atom. The molecule has 90 valence electrons. The SMILES string of the molecule is CCc1cncc(S(C)(=O)=O)c1C(C)(C)C. The summed E-state index contributed by atoms with van der Waals surface area (Å²) in [7, 11) is -3.21. The van der Waals surface area contributed by atoms with Crippen LogP contribution in [0.5, 0.6) is 0 Å². The molecule has 0 amide bonds. The van der Waals surface area contributed by atoms with Gasteiger partial charge in [0.25, 0.3) is 0 Å². The molecule has 1 aromatic rings. The molecule has 0 saturated heterocycles. The molecular formula is C12H19NO2S. The Bertz CT molecular complexity index is 484. The van der Waals surface area contributed by atoms with E-state index in [0.717, 1.165) is 17.5 Å². The highest BCUT2D eigenvalue weighted by Crippen LogP contribution is 2.31. The van der Waals surface area contributed by atoms with Gasteiger partial charge in [0.15, 0.2) is 9.84 Å². The zero-order valence-corrected chi connectivity index (χ0v) is 11.4. The Balaban J connectivity index is 3.64. The van der Waals surface area contributed by atoms with E-state index in [9.17, 15) is 8.42 Å². The summed E-state index contributed by atoms with van der Waals surface area (Å²) in [6, 6.07) is 0. The zero-order chi connectivity index (χ0) is 12.6. The van der Waals surface area contributed by atoms with Gasteiger partial charge in [0.1, 0.15) is 0 Å². The number of hydrogen-bond acceptors (Lipinski definition) is 3. The first kappa shape index (κ1) is 13.2. The summed E-state index contributed by atoms with van der Waals surface area (Å²) < 4.78 is 23.5. The number of nitrogens with zero attached hydrogens (tertiary/aromatic N) is 1. The second-order valence-electron chi connectivity index (χ2n) is 5.05. The van der Waals surface area contributed by atoms with Gasteiger partial charge < -0.3 is 0 Å². The molecule has 16 heavy (non-hydrogen) atoms. The summed E-state index contributed by atoms with van der Waals surface area (Å²) in [5, 5.41) is 0. The van der Waals surface area contributed by atoms with E-state index in [-0.39, 0.29) is 5.41 Å². The highest BCUT2D eigenvalue weighted by Gasteiger charge is 2.25. The van der Waals surface area contributed by atoms with Crippen LogP contribution in [0.15, 0.2) is 17.3 Å². The van der Waals surface area contributed by atoms with Crippen molar-refractivity contribution in [1.82, 2.24) is 4.98 Å². The van der Waals surface area contributed by atoms with Gasteiger partial charge in [0.05, 0.1) is 4.90 Å². The molecule has 0 aliphatic rings. The predicted octanol–water partition coefficient (Wildman–Crippen LogP) is 2.35. The van der Waals surface area contributed by atoms with Crippen molar-refractivity contribution in [3.05, 3.63) is 23.5 Å². The molecule has 0 bridgehead atoms. The number of aromatic nitrogens is 1. The summed E-state index contributed by atoms with van der Waals surface area (Å²) in [6.07, 6.45) is 5.24. The second-order valence-corrected chi connectivity index (χ2v) is 7.03. The van der Waals surface area contributed by atoms with E-state index in [2.05, 4.69) is 4.98 Å². The minimum absolute atomic E-state index is 0.188. The molecule has 0 radical (unpaired) electrons. The first-order valence-electron chi connectivity index (χ1n) is 5.35. The fraction of sp³-hybridized carbons (Fsp3) is 0.583. The molecular weight excluding hydrogens is 222 g/mol. The highest BCUT2D eigenvalue weighted by molar-refractivity contribution is 7.90. The highest BCUT2D eigenvalue weighted by atomic mass is 32.2. The van der Waals surface area contributed by atoms with Crippen LogP contribution in [0.3, 0.4) is 0 Å². The molecule has 1 heterocycles. The largest absolute Gasteiger partial charge is 0.263 e. The number of rotatable bonds is 2. The minimum atomic E-state index is -3.21. The third-order valence-electron chi connectivity index (χ3n) is 2.52. The lowest BCUT2D eigenvalue weighted by molar-refractivity contribution is 0.555. The van der Waals surface area contributed by atoms with E-state index in [1.807, 2.05) is 27.7 Å². The third-order valence-corrected chi connectivity index (χ3v) is 3.63. The van der Waals surface area contributed by atoms with Gasteiger partial charge in [-0.2, -0.15) is 0 Å². The van der Waals surface area contributed by atoms with Crippen molar-refractivity contribution < 1.29 is 8.42 Å². The molecule has 0 saturated carbocycles. The van der Waals surface area contributed by atoms with E-state index in [1.54, 1.807) is 6.20 Å². The molecule has 1 aromatic heterocycles. The minimum Gasteiger partial charge on any atom is -0.263 e. The second kappa shape index (κ2) is 4.17. The first-order valence-corrected chi connectivity index (χ1v) is 7.24. The van der Waals surface area contributed by atoms with E-state index < -0.39 is 9.84 Å². The van der Waals surface area contributed by atoms with Crippen molar-refractivity contribution in [2.24, 2.45) is 0 Å². The molecule has 0 N–H and O–H groups in total. The van der Waals surface area contributed by atoms with Crippen LogP contribution in [0.4, 0.5) is 0 Å². The van der Waals surface area contributed by atoms with Crippen LogP contribution in [-0.4, -0.2) is 19.7 Å². The fourth-order valence-electron chi connectivity index (χ4n) is 1.88. The Morgan fingerprint density at radius 2 is 1.81 bits per heavy atom. The molecule has 0 atom stereocenters. The number of hydrogen-bond donors (Lipinski definition) is 0. The van der Waals surface area contributed by atoms with Crippen molar-refractivity contribution in [3.8, 4) is 0 Å². The van der Waals surface area contributed by atoms with Crippen molar-refractivity contribution in [2.45, 2.75) is 44.4 Å². The standard InChI is InChI=1S/C12H19NO2S/c1-6-9-7-13-8-10(16(5,14)15)11(9)12(2,3)4/h7-8H,6H2,1-5H3. The molecule has 0 aliphatic heterocycles. The number of pyridine rings is 1. The maximum atomic E-state index is 11.7. The Labute approximate surface area is 97.8 Å². The Kier molecular flexibility index (Phi) is 3.43. The molecule has 1 rings (SSSR count). The Morgan fingerprint density at radius 3 is 2.19 bits per heavy atom. The van der Waals surface area contributed by atoms with Gasteiger partial charge in [0.2, 0.25) is 0 Å². The van der Waals surface area contributed by atoms with E-state index in [1.165, 1.54) is 12.5 Å². The van der Waals surface area contributed by atoms with Crippen LogP contribution in [0.2, 0.25) is 0 Å². The van der Waals surface area contributed by atoms with Crippen molar-refractivity contribution in [1.29, 1.82) is 0 Å². The average Bonchev–Trinajstić information content (AvgIpc) is 2.13. The van der Waals surface area contributed by atoms with Crippen LogP contribution in [-0.2, 0) is 21.7 Å². The molecule has 0 fully saturated rings. The monoisotopic (exact) mass is 241 g/mol. The fourth-order valence-corrected chi connectivity index (χ4v) is 2.94. The summed E-state index contributed by atoms with van der Waals surface area (Å²) in [4.78, 5) is 4.38. The van der Waals surface area contributed by atoms with E-state index >= 15 is 0 Å². The molecule has 0 aromatic carbocycles. The quantitative estimate of drug-likeness (QED) is 0.798. The zero-order valence-electron chi connectivity index (χ0n) is 10.5. The van der Waals surface area contributed by atoms with Gasteiger partial charge in [-0.25, -0.2) is 8.42 Å². The maximum Gasteiger partial charge on any atom is 0.177 e. The van der Waals surface area contributed by atoms with E-state index in [0.29, 0.717) is 4.90 Å². The van der Waals surface area contributed by atoms with Crippen LogP contribution < -0.4 is 0 Å². The van der Waals surface area contributed by atoms with Crippen LogP contribution in [0, 0.1) is 0 Å². The van der Waals surface area contributed by atoms with Crippen molar-refractivity contribution in [2.75, 3.05) is 6.26 Å². The maximum absolute atomic E-state index is 11.7. The van der Waals surface area contributed by atoms with Crippen molar-refractivity contribution >= 4 is 9.84 Å². The van der Waals surface area contributed by atoms with E-state index in [4.69, 9.17) is 0 Å². The van der Waals surface area contributed by atoms with Gasteiger partial charge in [-0.1, -0.05) is 27.7 Å². The molecule has 0 spiro atoms. The van der Waals surface area contributed by atoms with Gasteiger partial charge >= 0.3 is 0 Å².